The molecule has 10 nitrogen and oxygen atoms in total. The molecule has 0 spiro atoms. The van der Waals surface area contributed by atoms with E-state index in [0.717, 1.165) is 0 Å². The molecule has 0 fully saturated rings. The molecular weight excluding hydrogens is 450 g/mol. The van der Waals surface area contributed by atoms with Crippen molar-refractivity contribution in [1.82, 2.24) is 19.7 Å². The number of nitrogens with one attached hydrogen (secondary N) is 1. The molecule has 172 valence electrons. The second-order valence-corrected chi connectivity index (χ2v) is 7.54. The maximum absolute atomic E-state index is 12.9. The summed E-state index contributed by atoms with van der Waals surface area (Å²) in [6.45, 7) is 0.819. The molecule has 0 unspecified atom stereocenters. The average molecular weight is 472 g/mol. The Morgan fingerprint density at radius 3 is 2.76 bits per heavy atom. The number of para-hydroxylation sites is 2. The third kappa shape index (κ3) is 6.21. The van der Waals surface area contributed by atoms with E-state index in [1.165, 1.54) is 22.2 Å². The molecule has 0 radical (unpaired) electrons. The predicted molar refractivity (Wildman–Crippen MR) is 120 cm³/mol. The third-order valence-electron chi connectivity index (χ3n) is 4.73. The average Bonchev–Trinajstić information content (AvgIpc) is 3.30. The first-order valence-electron chi connectivity index (χ1n) is 10.3. The van der Waals surface area contributed by atoms with Crippen molar-refractivity contribution in [3.63, 3.8) is 0 Å². The van der Waals surface area contributed by atoms with E-state index in [1.807, 2.05) is 12.1 Å². The quantitative estimate of drug-likeness (QED) is 0.612. The lowest BCUT2D eigenvalue weighted by Gasteiger charge is -2.22. The van der Waals surface area contributed by atoms with Crippen LogP contribution in [0.15, 0.2) is 55.1 Å². The van der Waals surface area contributed by atoms with Crippen LogP contribution in [-0.4, -0.2) is 64.4 Å². The number of anilines is 1. The number of benzene rings is 2. The van der Waals surface area contributed by atoms with E-state index >= 15 is 0 Å². The van der Waals surface area contributed by atoms with Crippen LogP contribution >= 0.6 is 11.6 Å². The summed E-state index contributed by atoms with van der Waals surface area (Å²) in [6.07, 6.45) is 2.78. The van der Waals surface area contributed by atoms with Gasteiger partial charge in [0.2, 0.25) is 11.8 Å². The van der Waals surface area contributed by atoms with Crippen molar-refractivity contribution in [1.29, 1.82) is 0 Å². The van der Waals surface area contributed by atoms with Gasteiger partial charge in [-0.05, 0) is 30.3 Å². The first kappa shape index (κ1) is 22.6. The third-order valence-corrected chi connectivity index (χ3v) is 4.96. The summed E-state index contributed by atoms with van der Waals surface area (Å²) >= 11 is 6.15. The fourth-order valence-electron chi connectivity index (χ4n) is 3.16. The van der Waals surface area contributed by atoms with Gasteiger partial charge in [-0.3, -0.25) is 9.59 Å². The van der Waals surface area contributed by atoms with Crippen LogP contribution in [0.4, 0.5) is 5.69 Å². The van der Waals surface area contributed by atoms with E-state index in [2.05, 4.69) is 15.4 Å². The Bertz CT molecular complexity index is 1110. The lowest BCUT2D eigenvalue weighted by molar-refractivity contribution is -0.136. The Kier molecular flexibility index (Phi) is 7.38. The van der Waals surface area contributed by atoms with Crippen LogP contribution in [0.2, 0.25) is 5.02 Å². The summed E-state index contributed by atoms with van der Waals surface area (Å²) in [6, 6.07) is 12.1. The van der Waals surface area contributed by atoms with Gasteiger partial charge in [0.1, 0.15) is 32.4 Å². The minimum Gasteiger partial charge on any atom is -0.487 e. The minimum absolute atomic E-state index is 0.0444. The molecule has 2 amide bonds. The molecule has 0 bridgehead atoms. The highest BCUT2D eigenvalue weighted by Crippen LogP contribution is 2.36. The van der Waals surface area contributed by atoms with E-state index in [1.54, 1.807) is 30.3 Å². The van der Waals surface area contributed by atoms with Crippen molar-refractivity contribution >= 4 is 29.1 Å². The fourth-order valence-corrected chi connectivity index (χ4v) is 3.33. The molecule has 2 aromatic carbocycles. The molecule has 1 aliphatic rings. The van der Waals surface area contributed by atoms with Gasteiger partial charge in [-0.15, -0.1) is 0 Å². The second-order valence-electron chi connectivity index (χ2n) is 7.11. The summed E-state index contributed by atoms with van der Waals surface area (Å²) in [5, 5.41) is 7.15. The monoisotopic (exact) mass is 471 g/mol. The first-order valence-corrected chi connectivity index (χ1v) is 10.6. The van der Waals surface area contributed by atoms with Crippen LogP contribution in [0.25, 0.3) is 0 Å². The van der Waals surface area contributed by atoms with Gasteiger partial charge < -0.3 is 24.4 Å². The van der Waals surface area contributed by atoms with Crippen molar-refractivity contribution in [2.75, 3.05) is 38.2 Å². The number of rotatable bonds is 2. The number of ether oxygens (including phenoxy) is 3. The van der Waals surface area contributed by atoms with Gasteiger partial charge in [0.05, 0.1) is 18.9 Å². The molecular formula is C22H22ClN5O5. The van der Waals surface area contributed by atoms with E-state index in [4.69, 9.17) is 25.8 Å². The number of hydrogen-bond acceptors (Lipinski definition) is 7. The van der Waals surface area contributed by atoms with Crippen LogP contribution < -0.4 is 14.8 Å². The zero-order chi connectivity index (χ0) is 23.0. The highest BCUT2D eigenvalue weighted by atomic mass is 35.5. The number of carbonyl (C=O) groups excluding carboxylic acids is 2. The normalized spacial score (nSPS) is 15.1. The first-order chi connectivity index (χ1) is 16.1. The maximum Gasteiger partial charge on any atom is 0.244 e. The smallest absolute Gasteiger partial charge is 0.244 e. The SMILES string of the molecule is O=C1CN(C(=O)Cn2cncn2)CCOCCOc2ccccc2Oc2ccc(Cl)cc2N1. The molecule has 33 heavy (non-hydrogen) atoms. The molecule has 1 aromatic heterocycles. The summed E-state index contributed by atoms with van der Waals surface area (Å²) in [7, 11) is 0. The van der Waals surface area contributed by atoms with Crippen LogP contribution in [-0.2, 0) is 20.9 Å². The van der Waals surface area contributed by atoms with Gasteiger partial charge in [0.15, 0.2) is 17.2 Å². The molecule has 4 rings (SSSR count). The van der Waals surface area contributed by atoms with Gasteiger partial charge in [0.25, 0.3) is 0 Å². The standard InChI is InChI=1S/C22H22ClN5O5/c23-16-5-6-18-17(11-16)26-21(29)12-27(22(30)13-28-15-24-14-25-28)7-8-31-9-10-32-19-3-1-2-4-20(19)33-18/h1-6,11,14-15H,7-10,12-13H2,(H,26,29). The molecule has 3 aromatic rings. The maximum atomic E-state index is 12.9. The van der Waals surface area contributed by atoms with Gasteiger partial charge in [-0.25, -0.2) is 9.67 Å². The number of aromatic nitrogens is 3. The molecule has 0 saturated carbocycles. The molecule has 1 N–H and O–H groups in total. The van der Waals surface area contributed by atoms with E-state index in [0.29, 0.717) is 34.6 Å². The van der Waals surface area contributed by atoms with Crippen molar-refractivity contribution in [3.05, 3.63) is 60.1 Å². The highest BCUT2D eigenvalue weighted by Gasteiger charge is 2.20. The fraction of sp³-hybridized carbons (Fsp3) is 0.273. The molecule has 2 heterocycles. The highest BCUT2D eigenvalue weighted by molar-refractivity contribution is 6.31. The topological polar surface area (TPSA) is 108 Å². The number of amides is 2. The van der Waals surface area contributed by atoms with Gasteiger partial charge in [0, 0.05) is 11.6 Å². The number of carbonyl (C=O) groups is 2. The van der Waals surface area contributed by atoms with Gasteiger partial charge >= 0.3 is 0 Å². The largest absolute Gasteiger partial charge is 0.487 e. The van der Waals surface area contributed by atoms with E-state index in [9.17, 15) is 9.59 Å². The molecule has 0 aliphatic carbocycles. The number of nitrogens with zero attached hydrogens (tertiary/aromatic N) is 4. The van der Waals surface area contributed by atoms with Gasteiger partial charge in [-0.2, -0.15) is 5.10 Å². The molecule has 1 aliphatic heterocycles. The van der Waals surface area contributed by atoms with Crippen LogP contribution in [0.1, 0.15) is 0 Å². The molecule has 0 atom stereocenters. The van der Waals surface area contributed by atoms with E-state index in [-0.39, 0.29) is 38.8 Å². The van der Waals surface area contributed by atoms with Crippen LogP contribution in [0.5, 0.6) is 17.2 Å². The minimum atomic E-state index is -0.409. The second kappa shape index (κ2) is 10.8. The van der Waals surface area contributed by atoms with E-state index < -0.39 is 5.91 Å². The molecule has 0 saturated heterocycles. The number of halogens is 1. The summed E-state index contributed by atoms with van der Waals surface area (Å²) < 4.78 is 18.8. The van der Waals surface area contributed by atoms with Crippen molar-refractivity contribution in [3.8, 4) is 17.2 Å². The number of hydrogen-bond donors (Lipinski definition) is 1. The van der Waals surface area contributed by atoms with Crippen molar-refractivity contribution < 1.29 is 23.8 Å². The zero-order valence-electron chi connectivity index (χ0n) is 17.6. The Morgan fingerprint density at radius 1 is 1.09 bits per heavy atom. The predicted octanol–water partition coefficient (Wildman–Crippen LogP) is 2.60. The summed E-state index contributed by atoms with van der Waals surface area (Å²) in [5.74, 6) is 0.696. The van der Waals surface area contributed by atoms with Crippen LogP contribution in [0.3, 0.4) is 0 Å². The summed E-state index contributed by atoms with van der Waals surface area (Å²) in [4.78, 5) is 30.9. The Labute approximate surface area is 195 Å². The lowest BCUT2D eigenvalue weighted by Crippen LogP contribution is -2.41. The van der Waals surface area contributed by atoms with Gasteiger partial charge in [-0.1, -0.05) is 23.7 Å². The summed E-state index contributed by atoms with van der Waals surface area (Å²) in [5.41, 5.74) is 0.372. The molecule has 11 heteroatoms. The lowest BCUT2D eigenvalue weighted by atomic mass is 10.2. The van der Waals surface area contributed by atoms with Crippen molar-refractivity contribution in [2.45, 2.75) is 6.54 Å². The zero-order valence-corrected chi connectivity index (χ0v) is 18.4. The Hall–Kier alpha value is -3.63. The Balaban J connectivity index is 1.57. The van der Waals surface area contributed by atoms with Crippen molar-refractivity contribution in [2.24, 2.45) is 0 Å². The number of fused-ring (bicyclic) bond motifs is 2. The Morgan fingerprint density at radius 2 is 1.94 bits per heavy atom. The van der Waals surface area contributed by atoms with Crippen LogP contribution in [0, 0.1) is 0 Å².